The van der Waals surface area contributed by atoms with Crippen LogP contribution in [0.3, 0.4) is 0 Å². The molecule has 2 aromatic carbocycles. The summed E-state index contributed by atoms with van der Waals surface area (Å²) in [6, 6.07) is 12.7. The second-order valence-electron chi connectivity index (χ2n) is 7.30. The normalized spacial score (nSPS) is 22.4. The first-order valence-corrected chi connectivity index (χ1v) is 9.62. The highest BCUT2D eigenvalue weighted by Gasteiger charge is 2.36. The van der Waals surface area contributed by atoms with Gasteiger partial charge in [0.25, 0.3) is 0 Å². The third-order valence-corrected chi connectivity index (χ3v) is 5.74. The molecule has 4 rings (SSSR count). The van der Waals surface area contributed by atoms with Gasteiger partial charge in [0.05, 0.1) is 5.02 Å². The lowest BCUT2D eigenvalue weighted by Gasteiger charge is -2.34. The fourth-order valence-electron chi connectivity index (χ4n) is 3.94. The second-order valence-corrected chi connectivity index (χ2v) is 7.71. The molecule has 6 heteroatoms. The highest BCUT2D eigenvalue weighted by molar-refractivity contribution is 6.31. The molecule has 2 aliphatic heterocycles. The molecule has 142 valence electrons. The number of carbonyl (C=O) groups excluding carboxylic acids is 1. The number of piperidine rings is 1. The first kappa shape index (κ1) is 18.3. The predicted octanol–water partition coefficient (Wildman–Crippen LogP) is 3.77. The number of carbonyl (C=O) groups is 1. The Balaban J connectivity index is 1.37. The quantitative estimate of drug-likeness (QED) is 0.847. The fraction of sp³-hybridized carbons (Fsp3) is 0.381. The Hall–Kier alpha value is -2.11. The van der Waals surface area contributed by atoms with Crippen molar-refractivity contribution in [2.45, 2.75) is 32.0 Å². The lowest BCUT2D eigenvalue weighted by atomic mass is 9.92. The van der Waals surface area contributed by atoms with Gasteiger partial charge in [-0.05, 0) is 48.7 Å². The van der Waals surface area contributed by atoms with Crippen LogP contribution >= 0.6 is 11.6 Å². The second kappa shape index (κ2) is 7.87. The van der Waals surface area contributed by atoms with Gasteiger partial charge in [-0.25, -0.2) is 4.39 Å². The van der Waals surface area contributed by atoms with E-state index in [-0.39, 0.29) is 24.4 Å². The zero-order chi connectivity index (χ0) is 18.8. The Kier molecular flexibility index (Phi) is 5.32. The molecule has 2 saturated heterocycles. The molecule has 2 aliphatic rings. The average molecular weight is 389 g/mol. The maximum absolute atomic E-state index is 13.9. The summed E-state index contributed by atoms with van der Waals surface area (Å²) < 4.78 is 19.6. The third-order valence-electron chi connectivity index (χ3n) is 5.38. The van der Waals surface area contributed by atoms with Crippen LogP contribution in [0.5, 0.6) is 5.75 Å². The summed E-state index contributed by atoms with van der Waals surface area (Å²) in [7, 11) is 0. The van der Waals surface area contributed by atoms with Crippen molar-refractivity contribution in [2.24, 2.45) is 5.92 Å². The van der Waals surface area contributed by atoms with E-state index in [9.17, 15) is 9.18 Å². The molecule has 0 saturated carbocycles. The first-order chi connectivity index (χ1) is 13.1. The van der Waals surface area contributed by atoms with Crippen LogP contribution in [-0.4, -0.2) is 29.9 Å². The van der Waals surface area contributed by atoms with Gasteiger partial charge in [0.15, 0.2) is 0 Å². The number of amides is 1. The highest BCUT2D eigenvalue weighted by Crippen LogP contribution is 2.27. The van der Waals surface area contributed by atoms with E-state index in [0.29, 0.717) is 28.7 Å². The summed E-state index contributed by atoms with van der Waals surface area (Å²) in [6.07, 6.45) is 1.71. The molecule has 2 heterocycles. The van der Waals surface area contributed by atoms with Crippen LogP contribution in [0.1, 0.15) is 24.0 Å². The molecule has 27 heavy (non-hydrogen) atoms. The molecular formula is C21H22ClFN2O2. The Morgan fingerprint density at radius 2 is 2.11 bits per heavy atom. The number of halogens is 2. The SMILES string of the molecule is O=C1C[C@H]2CCN(Cc3cccc(OCc4c(F)cccc4Cl)c3)C[C@H]2N1. The van der Waals surface area contributed by atoms with E-state index in [4.69, 9.17) is 16.3 Å². The van der Waals surface area contributed by atoms with Gasteiger partial charge < -0.3 is 10.1 Å². The summed E-state index contributed by atoms with van der Waals surface area (Å²) in [6.45, 7) is 2.77. The van der Waals surface area contributed by atoms with E-state index in [2.05, 4.69) is 16.3 Å². The smallest absolute Gasteiger partial charge is 0.220 e. The molecule has 0 aromatic heterocycles. The number of rotatable bonds is 5. The Bertz CT molecular complexity index is 824. The van der Waals surface area contributed by atoms with Gasteiger partial charge >= 0.3 is 0 Å². The average Bonchev–Trinajstić information content (AvgIpc) is 3.01. The van der Waals surface area contributed by atoms with Gasteiger partial charge in [0.1, 0.15) is 18.2 Å². The zero-order valence-electron chi connectivity index (χ0n) is 15.0. The highest BCUT2D eigenvalue weighted by atomic mass is 35.5. The lowest BCUT2D eigenvalue weighted by Crippen LogP contribution is -2.46. The number of nitrogens with one attached hydrogen (secondary N) is 1. The zero-order valence-corrected chi connectivity index (χ0v) is 15.7. The number of hydrogen-bond donors (Lipinski definition) is 1. The van der Waals surface area contributed by atoms with Gasteiger partial charge in [0.2, 0.25) is 5.91 Å². The monoisotopic (exact) mass is 388 g/mol. The minimum atomic E-state index is -0.361. The molecule has 2 aromatic rings. The minimum absolute atomic E-state index is 0.0917. The number of ether oxygens (including phenoxy) is 1. The van der Waals surface area contributed by atoms with E-state index in [1.54, 1.807) is 12.1 Å². The van der Waals surface area contributed by atoms with Gasteiger partial charge in [-0.2, -0.15) is 0 Å². The van der Waals surface area contributed by atoms with Gasteiger partial charge in [0, 0.05) is 31.1 Å². The molecule has 0 unspecified atom stereocenters. The van der Waals surface area contributed by atoms with Crippen molar-refractivity contribution in [3.8, 4) is 5.75 Å². The van der Waals surface area contributed by atoms with Gasteiger partial charge in [-0.15, -0.1) is 0 Å². The van der Waals surface area contributed by atoms with Crippen LogP contribution in [0, 0.1) is 11.7 Å². The lowest BCUT2D eigenvalue weighted by molar-refractivity contribution is -0.119. The maximum atomic E-state index is 13.9. The van der Waals surface area contributed by atoms with Crippen molar-refractivity contribution in [3.05, 3.63) is 64.4 Å². The van der Waals surface area contributed by atoms with E-state index >= 15 is 0 Å². The minimum Gasteiger partial charge on any atom is -0.489 e. The largest absolute Gasteiger partial charge is 0.489 e. The predicted molar refractivity (Wildman–Crippen MR) is 102 cm³/mol. The summed E-state index contributed by atoms with van der Waals surface area (Å²) in [5.74, 6) is 0.985. The summed E-state index contributed by atoms with van der Waals surface area (Å²) in [4.78, 5) is 13.9. The Morgan fingerprint density at radius 1 is 1.26 bits per heavy atom. The molecule has 0 bridgehead atoms. The topological polar surface area (TPSA) is 41.6 Å². The van der Waals surface area contributed by atoms with Crippen LogP contribution < -0.4 is 10.1 Å². The molecule has 2 atom stereocenters. The van der Waals surface area contributed by atoms with Crippen molar-refractivity contribution in [1.82, 2.24) is 10.2 Å². The van der Waals surface area contributed by atoms with Crippen molar-refractivity contribution < 1.29 is 13.9 Å². The maximum Gasteiger partial charge on any atom is 0.220 e. The van der Waals surface area contributed by atoms with Crippen LogP contribution in [0.25, 0.3) is 0 Å². The van der Waals surface area contributed by atoms with Crippen LogP contribution in [0.2, 0.25) is 5.02 Å². The fourth-order valence-corrected chi connectivity index (χ4v) is 4.16. The molecule has 4 nitrogen and oxygen atoms in total. The van der Waals surface area contributed by atoms with E-state index in [1.807, 2.05) is 18.2 Å². The van der Waals surface area contributed by atoms with Crippen LogP contribution in [0.15, 0.2) is 42.5 Å². The Labute approximate surface area is 163 Å². The van der Waals surface area contributed by atoms with E-state index < -0.39 is 0 Å². The van der Waals surface area contributed by atoms with E-state index in [1.165, 1.54) is 6.07 Å². The number of likely N-dealkylation sites (tertiary alicyclic amines) is 1. The van der Waals surface area contributed by atoms with Gasteiger partial charge in [-0.1, -0.05) is 29.8 Å². The number of hydrogen-bond acceptors (Lipinski definition) is 3. The van der Waals surface area contributed by atoms with Crippen molar-refractivity contribution in [3.63, 3.8) is 0 Å². The summed E-state index contributed by atoms with van der Waals surface area (Å²) >= 11 is 6.05. The molecule has 0 spiro atoms. The summed E-state index contributed by atoms with van der Waals surface area (Å²) in [5, 5.41) is 3.45. The summed E-state index contributed by atoms with van der Waals surface area (Å²) in [5.41, 5.74) is 1.50. The molecular weight excluding hydrogens is 367 g/mol. The number of benzene rings is 2. The number of nitrogens with zero attached hydrogens (tertiary/aromatic N) is 1. The molecule has 0 aliphatic carbocycles. The van der Waals surface area contributed by atoms with Crippen molar-refractivity contribution >= 4 is 17.5 Å². The van der Waals surface area contributed by atoms with Crippen LogP contribution in [0.4, 0.5) is 4.39 Å². The molecule has 1 amide bonds. The van der Waals surface area contributed by atoms with E-state index in [0.717, 1.165) is 31.6 Å². The standard InChI is InChI=1S/C21H22ClFN2O2/c22-18-5-2-6-19(23)17(18)13-27-16-4-1-3-14(9-16)11-25-8-7-15-10-21(26)24-20(15)12-25/h1-6,9,15,20H,7-8,10-13H2,(H,24,26)/t15-,20-/m1/s1. The first-order valence-electron chi connectivity index (χ1n) is 9.25. The third kappa shape index (κ3) is 4.25. The van der Waals surface area contributed by atoms with Crippen molar-refractivity contribution in [1.29, 1.82) is 0 Å². The Morgan fingerprint density at radius 3 is 2.96 bits per heavy atom. The molecule has 2 fully saturated rings. The van der Waals surface area contributed by atoms with Crippen molar-refractivity contribution in [2.75, 3.05) is 13.1 Å². The van der Waals surface area contributed by atoms with Gasteiger partial charge in [-0.3, -0.25) is 9.69 Å². The molecule has 0 radical (unpaired) electrons. The molecule has 1 N–H and O–H groups in total. The number of fused-ring (bicyclic) bond motifs is 1. The van der Waals surface area contributed by atoms with Crippen LogP contribution in [-0.2, 0) is 17.9 Å².